The van der Waals surface area contributed by atoms with E-state index >= 15 is 0 Å². The van der Waals surface area contributed by atoms with Crippen LogP contribution in [0.15, 0.2) is 30.3 Å². The zero-order valence-corrected chi connectivity index (χ0v) is 8.49. The minimum absolute atomic E-state index is 0.563. The summed E-state index contributed by atoms with van der Waals surface area (Å²) in [5.74, 6) is 0.627. The van der Waals surface area contributed by atoms with Gasteiger partial charge in [-0.2, -0.15) is 0 Å². The van der Waals surface area contributed by atoms with Gasteiger partial charge in [-0.1, -0.05) is 29.8 Å². The maximum Gasteiger partial charge on any atom is 0.146 e. The number of rotatable bonds is 4. The van der Waals surface area contributed by atoms with Crippen LogP contribution in [0.25, 0.3) is 5.76 Å². The Kier molecular flexibility index (Phi) is 3.92. The van der Waals surface area contributed by atoms with E-state index in [-0.39, 0.29) is 0 Å². The Balaban J connectivity index is 2.93. The molecule has 74 valence electrons. The molecule has 0 aromatic heterocycles. The van der Waals surface area contributed by atoms with E-state index in [2.05, 4.69) is 0 Å². The first-order chi connectivity index (χ1) is 6.77. The molecule has 0 fully saturated rings. The van der Waals surface area contributed by atoms with Crippen LogP contribution in [-0.2, 0) is 9.53 Å². The molecule has 0 saturated heterocycles. The fourth-order valence-corrected chi connectivity index (χ4v) is 1.16. The molecule has 0 aliphatic carbocycles. The summed E-state index contributed by atoms with van der Waals surface area (Å²) >= 11 is 0. The van der Waals surface area contributed by atoms with Crippen LogP contribution in [0.5, 0.6) is 0 Å². The van der Waals surface area contributed by atoms with E-state index in [1.54, 1.807) is 0 Å². The van der Waals surface area contributed by atoms with Crippen LogP contribution in [0.4, 0.5) is 0 Å². The lowest BCUT2D eigenvalue weighted by atomic mass is 10.1. The van der Waals surface area contributed by atoms with Crippen molar-refractivity contribution in [1.29, 1.82) is 0 Å². The molecule has 1 aromatic rings. The Bertz CT molecular complexity index is 323. The molecule has 2 nitrogen and oxygen atoms in total. The molecule has 2 heteroatoms. The molecule has 0 bridgehead atoms. The van der Waals surface area contributed by atoms with Gasteiger partial charge in [-0.05, 0) is 13.8 Å². The predicted octanol–water partition coefficient (Wildman–Crippen LogP) is 2.57. The molecule has 0 spiro atoms. The van der Waals surface area contributed by atoms with Crippen molar-refractivity contribution in [3.05, 3.63) is 41.5 Å². The summed E-state index contributed by atoms with van der Waals surface area (Å²) in [7, 11) is 0. The van der Waals surface area contributed by atoms with E-state index in [9.17, 15) is 4.79 Å². The average molecular weight is 190 g/mol. The number of allylic oxidation sites excluding steroid dienone is 1. The predicted molar refractivity (Wildman–Crippen MR) is 56.8 cm³/mol. The molecule has 0 aliphatic rings. The molecular formula is C12H14O2. The molecular weight excluding hydrogens is 176 g/mol. The number of aldehydes is 1. The topological polar surface area (TPSA) is 26.3 Å². The highest BCUT2D eigenvalue weighted by Gasteiger charge is 2.00. The average Bonchev–Trinajstić information content (AvgIpc) is 2.19. The Morgan fingerprint density at radius 3 is 2.50 bits per heavy atom. The summed E-state index contributed by atoms with van der Waals surface area (Å²) < 4.78 is 5.34. The molecule has 1 aromatic carbocycles. The second-order valence-electron chi connectivity index (χ2n) is 2.97. The van der Waals surface area contributed by atoms with Crippen molar-refractivity contribution in [2.24, 2.45) is 0 Å². The summed E-state index contributed by atoms with van der Waals surface area (Å²) in [6, 6.07) is 7.88. The van der Waals surface area contributed by atoms with Gasteiger partial charge in [-0.25, -0.2) is 0 Å². The Labute approximate surface area is 84.2 Å². The van der Waals surface area contributed by atoms with Crippen LogP contribution < -0.4 is 0 Å². The van der Waals surface area contributed by atoms with Gasteiger partial charge in [-0.15, -0.1) is 0 Å². The third-order valence-electron chi connectivity index (χ3n) is 1.86. The SMILES string of the molecule is CCO/C(=C/C=O)c1ccc(C)cc1. The molecule has 1 rings (SSSR count). The van der Waals surface area contributed by atoms with Gasteiger partial charge < -0.3 is 4.74 Å². The maximum absolute atomic E-state index is 10.4. The van der Waals surface area contributed by atoms with Crippen LogP contribution in [0.3, 0.4) is 0 Å². The lowest BCUT2D eigenvalue weighted by molar-refractivity contribution is -0.104. The number of benzene rings is 1. The summed E-state index contributed by atoms with van der Waals surface area (Å²) in [6.45, 7) is 4.48. The summed E-state index contributed by atoms with van der Waals surface area (Å²) in [5, 5.41) is 0. The van der Waals surface area contributed by atoms with E-state index in [0.29, 0.717) is 12.4 Å². The third-order valence-corrected chi connectivity index (χ3v) is 1.86. The minimum atomic E-state index is 0.563. The monoisotopic (exact) mass is 190 g/mol. The fourth-order valence-electron chi connectivity index (χ4n) is 1.16. The first-order valence-corrected chi connectivity index (χ1v) is 4.63. The lowest BCUT2D eigenvalue weighted by Gasteiger charge is -2.07. The maximum atomic E-state index is 10.4. The molecule has 0 N–H and O–H groups in total. The highest BCUT2D eigenvalue weighted by Crippen LogP contribution is 2.15. The van der Waals surface area contributed by atoms with E-state index in [0.717, 1.165) is 11.8 Å². The quantitative estimate of drug-likeness (QED) is 0.414. The summed E-state index contributed by atoms with van der Waals surface area (Å²) in [5.41, 5.74) is 2.13. The largest absolute Gasteiger partial charge is 0.493 e. The number of hydrogen-bond acceptors (Lipinski definition) is 2. The van der Waals surface area contributed by atoms with Crippen molar-refractivity contribution in [3.63, 3.8) is 0 Å². The van der Waals surface area contributed by atoms with Gasteiger partial charge in [0.1, 0.15) is 12.0 Å². The highest BCUT2D eigenvalue weighted by molar-refractivity contribution is 5.78. The molecule has 0 unspecified atom stereocenters. The van der Waals surface area contributed by atoms with Crippen LogP contribution in [0.2, 0.25) is 0 Å². The van der Waals surface area contributed by atoms with E-state index in [1.807, 2.05) is 38.1 Å². The van der Waals surface area contributed by atoms with Gasteiger partial charge in [-0.3, -0.25) is 4.79 Å². The van der Waals surface area contributed by atoms with Gasteiger partial charge in [0.15, 0.2) is 0 Å². The van der Waals surface area contributed by atoms with Crippen LogP contribution in [0, 0.1) is 6.92 Å². The fraction of sp³-hybridized carbons (Fsp3) is 0.250. The van der Waals surface area contributed by atoms with Gasteiger partial charge in [0.2, 0.25) is 0 Å². The van der Waals surface area contributed by atoms with E-state index in [4.69, 9.17) is 4.74 Å². The number of carbonyl (C=O) groups excluding carboxylic acids is 1. The summed E-state index contributed by atoms with van der Waals surface area (Å²) in [4.78, 5) is 10.4. The normalized spacial score (nSPS) is 11.1. The lowest BCUT2D eigenvalue weighted by Crippen LogP contribution is -1.92. The zero-order chi connectivity index (χ0) is 10.4. The number of aryl methyl sites for hydroxylation is 1. The highest BCUT2D eigenvalue weighted by atomic mass is 16.5. The zero-order valence-electron chi connectivity index (χ0n) is 8.49. The van der Waals surface area contributed by atoms with Crippen molar-refractivity contribution in [3.8, 4) is 0 Å². The van der Waals surface area contributed by atoms with Gasteiger partial charge in [0, 0.05) is 11.6 Å². The third kappa shape index (κ3) is 2.73. The Hall–Kier alpha value is -1.57. The molecule has 0 amide bonds. The second kappa shape index (κ2) is 5.22. The number of ether oxygens (including phenoxy) is 1. The van der Waals surface area contributed by atoms with Crippen molar-refractivity contribution in [2.75, 3.05) is 6.61 Å². The Morgan fingerprint density at radius 1 is 1.36 bits per heavy atom. The molecule has 0 radical (unpaired) electrons. The molecule has 0 aliphatic heterocycles. The minimum Gasteiger partial charge on any atom is -0.493 e. The van der Waals surface area contributed by atoms with Gasteiger partial charge in [0.05, 0.1) is 6.61 Å². The molecule has 0 atom stereocenters. The van der Waals surface area contributed by atoms with Crippen LogP contribution in [-0.4, -0.2) is 12.9 Å². The second-order valence-corrected chi connectivity index (χ2v) is 2.97. The molecule has 14 heavy (non-hydrogen) atoms. The first-order valence-electron chi connectivity index (χ1n) is 4.63. The number of hydrogen-bond donors (Lipinski definition) is 0. The summed E-state index contributed by atoms with van der Waals surface area (Å²) in [6.07, 6.45) is 2.18. The van der Waals surface area contributed by atoms with Crippen molar-refractivity contribution >= 4 is 12.0 Å². The van der Waals surface area contributed by atoms with Gasteiger partial charge in [0.25, 0.3) is 0 Å². The van der Waals surface area contributed by atoms with Crippen LogP contribution in [0.1, 0.15) is 18.1 Å². The van der Waals surface area contributed by atoms with Crippen LogP contribution >= 0.6 is 0 Å². The molecule has 0 heterocycles. The van der Waals surface area contributed by atoms with E-state index < -0.39 is 0 Å². The van der Waals surface area contributed by atoms with E-state index in [1.165, 1.54) is 11.6 Å². The molecule has 0 saturated carbocycles. The van der Waals surface area contributed by atoms with Crippen molar-refractivity contribution < 1.29 is 9.53 Å². The van der Waals surface area contributed by atoms with Crippen molar-refractivity contribution in [2.45, 2.75) is 13.8 Å². The van der Waals surface area contributed by atoms with Crippen molar-refractivity contribution in [1.82, 2.24) is 0 Å². The number of carbonyl (C=O) groups is 1. The van der Waals surface area contributed by atoms with Gasteiger partial charge >= 0.3 is 0 Å². The standard InChI is InChI=1S/C12H14O2/c1-3-14-12(8-9-13)11-6-4-10(2)5-7-11/h4-9H,3H2,1-2H3/b12-8+. The smallest absolute Gasteiger partial charge is 0.146 e. The first kappa shape index (κ1) is 10.5. The Morgan fingerprint density at radius 2 is 2.00 bits per heavy atom.